The Balaban J connectivity index is 2.04. The molecule has 20 heavy (non-hydrogen) atoms. The maximum Gasteiger partial charge on any atom is 0.330 e. The second kappa shape index (κ2) is 3.85. The molecule has 5 nitrogen and oxygen atoms in total. The molecule has 4 aliphatic carbocycles. The number of hydrogen-bond donors (Lipinski definition) is 3. The lowest BCUT2D eigenvalue weighted by atomic mass is 9.42. The average molecular weight is 280 g/mol. The first-order chi connectivity index (χ1) is 9.18. The van der Waals surface area contributed by atoms with Crippen molar-refractivity contribution in [1.29, 1.82) is 0 Å². The first-order valence-corrected chi connectivity index (χ1v) is 7.06. The molecule has 4 rings (SSSR count). The van der Waals surface area contributed by atoms with Crippen molar-refractivity contribution in [2.75, 3.05) is 0 Å². The van der Waals surface area contributed by atoms with Gasteiger partial charge in [-0.15, -0.1) is 0 Å². The quantitative estimate of drug-likeness (QED) is 0.685. The van der Waals surface area contributed by atoms with Crippen LogP contribution < -0.4 is 0 Å². The molecule has 0 saturated heterocycles. The third-order valence-corrected chi connectivity index (χ3v) is 5.40. The summed E-state index contributed by atoms with van der Waals surface area (Å²) < 4.78 is 0. The highest BCUT2D eigenvalue weighted by atomic mass is 16.4. The van der Waals surface area contributed by atoms with Crippen molar-refractivity contribution in [3.63, 3.8) is 0 Å². The minimum atomic E-state index is -0.975. The van der Waals surface area contributed by atoms with Gasteiger partial charge < -0.3 is 15.3 Å². The molecule has 0 amide bonds. The van der Waals surface area contributed by atoms with Gasteiger partial charge in [0.2, 0.25) is 0 Å². The van der Waals surface area contributed by atoms with Crippen molar-refractivity contribution in [3.8, 4) is 0 Å². The largest absolute Gasteiger partial charge is 0.481 e. The first-order valence-electron chi connectivity index (χ1n) is 7.06. The summed E-state index contributed by atoms with van der Waals surface area (Å²) in [6.45, 7) is 1.54. The number of hydrogen-bond acceptors (Lipinski definition) is 3. The Kier molecular flexibility index (Phi) is 2.62. The molecule has 0 aliphatic heterocycles. The molecule has 0 aromatic carbocycles. The highest BCUT2D eigenvalue weighted by molar-refractivity contribution is 5.86. The molecular formula is C15H20O5. The van der Waals surface area contributed by atoms with Crippen LogP contribution in [0.4, 0.5) is 0 Å². The van der Waals surface area contributed by atoms with Crippen LogP contribution in [0.2, 0.25) is 0 Å². The van der Waals surface area contributed by atoms with Crippen molar-refractivity contribution in [2.24, 2.45) is 16.7 Å². The van der Waals surface area contributed by atoms with E-state index in [9.17, 15) is 19.8 Å². The molecule has 110 valence electrons. The summed E-state index contributed by atoms with van der Waals surface area (Å²) >= 11 is 0. The minimum Gasteiger partial charge on any atom is -0.481 e. The van der Waals surface area contributed by atoms with E-state index in [2.05, 4.69) is 0 Å². The summed E-state index contributed by atoms with van der Waals surface area (Å²) in [5, 5.41) is 29.4. The van der Waals surface area contributed by atoms with Gasteiger partial charge in [0.1, 0.15) is 0 Å². The second-order valence-electron chi connectivity index (χ2n) is 7.31. The van der Waals surface area contributed by atoms with Crippen LogP contribution in [0.5, 0.6) is 0 Å². The summed E-state index contributed by atoms with van der Waals surface area (Å²) in [5.41, 5.74) is -2.03. The molecule has 0 aromatic heterocycles. The maximum absolute atomic E-state index is 11.7. The lowest BCUT2D eigenvalue weighted by Crippen LogP contribution is -2.61. The Morgan fingerprint density at radius 2 is 1.80 bits per heavy atom. The molecule has 4 bridgehead atoms. The minimum absolute atomic E-state index is 0.185. The average Bonchev–Trinajstić information content (AvgIpc) is 2.24. The van der Waals surface area contributed by atoms with Crippen molar-refractivity contribution in [1.82, 2.24) is 0 Å². The number of rotatable bonds is 3. The van der Waals surface area contributed by atoms with Crippen LogP contribution in [0.3, 0.4) is 0 Å². The van der Waals surface area contributed by atoms with Gasteiger partial charge in [0, 0.05) is 5.57 Å². The van der Waals surface area contributed by atoms with E-state index < -0.39 is 28.4 Å². The predicted octanol–water partition coefficient (Wildman–Crippen LogP) is 1.80. The Labute approximate surface area is 117 Å². The first kappa shape index (κ1) is 13.6. The smallest absolute Gasteiger partial charge is 0.330 e. The van der Waals surface area contributed by atoms with Gasteiger partial charge in [0.15, 0.2) is 0 Å². The third-order valence-electron chi connectivity index (χ3n) is 5.40. The summed E-state index contributed by atoms with van der Waals surface area (Å²) in [5.74, 6) is -1.63. The molecule has 4 atom stereocenters. The Hall–Kier alpha value is -1.36. The van der Waals surface area contributed by atoms with E-state index in [4.69, 9.17) is 5.11 Å². The zero-order chi connectivity index (χ0) is 14.8. The number of allylic oxidation sites excluding steroid dienone is 1. The maximum atomic E-state index is 11.7. The van der Waals surface area contributed by atoms with Crippen LogP contribution in [0.25, 0.3) is 0 Å². The van der Waals surface area contributed by atoms with Gasteiger partial charge in [0.05, 0.1) is 11.0 Å². The van der Waals surface area contributed by atoms with Gasteiger partial charge in [-0.05, 0) is 56.8 Å². The summed E-state index contributed by atoms with van der Waals surface area (Å²) in [6.07, 6.45) is 5.05. The van der Waals surface area contributed by atoms with Crippen molar-refractivity contribution >= 4 is 11.9 Å². The normalized spacial score (nSPS) is 46.5. The zero-order valence-electron chi connectivity index (χ0n) is 11.6. The van der Waals surface area contributed by atoms with E-state index in [1.165, 1.54) is 0 Å². The van der Waals surface area contributed by atoms with Crippen LogP contribution in [-0.2, 0) is 9.59 Å². The van der Waals surface area contributed by atoms with Crippen LogP contribution in [0.1, 0.15) is 45.4 Å². The third kappa shape index (κ3) is 1.87. The van der Waals surface area contributed by atoms with E-state index in [0.717, 1.165) is 6.42 Å². The highest BCUT2D eigenvalue weighted by Crippen LogP contribution is 2.67. The molecule has 4 saturated carbocycles. The molecule has 0 radical (unpaired) electrons. The standard InChI is InChI=1S/C15H20O5/c1-9(11(16)17)2-13-3-10-4-14(6-13,12(18)19)8-15(20,5-10)7-13/h2,10,20H,3-8H2,1H3,(H,16,17)(H,18,19). The topological polar surface area (TPSA) is 94.8 Å². The molecule has 0 heterocycles. The van der Waals surface area contributed by atoms with Crippen molar-refractivity contribution in [3.05, 3.63) is 11.6 Å². The van der Waals surface area contributed by atoms with Crippen molar-refractivity contribution in [2.45, 2.75) is 51.0 Å². The fourth-order valence-electron chi connectivity index (χ4n) is 5.38. The SMILES string of the molecule is CC(=CC12CC3CC(O)(C1)CC(C(=O)O)(C3)C2)C(=O)O. The van der Waals surface area contributed by atoms with Gasteiger partial charge in [-0.3, -0.25) is 4.79 Å². The highest BCUT2D eigenvalue weighted by Gasteiger charge is 2.65. The summed E-state index contributed by atoms with van der Waals surface area (Å²) in [6, 6.07) is 0. The van der Waals surface area contributed by atoms with Crippen LogP contribution in [-0.4, -0.2) is 32.9 Å². The molecule has 4 aliphatic rings. The fraction of sp³-hybridized carbons (Fsp3) is 0.733. The van der Waals surface area contributed by atoms with E-state index >= 15 is 0 Å². The Morgan fingerprint density at radius 3 is 2.35 bits per heavy atom. The van der Waals surface area contributed by atoms with Gasteiger partial charge in [-0.1, -0.05) is 6.08 Å². The number of carboxylic acid groups (broad SMARTS) is 2. The Morgan fingerprint density at radius 1 is 1.10 bits per heavy atom. The molecule has 3 N–H and O–H groups in total. The molecule has 0 aromatic rings. The number of carbonyl (C=O) groups is 2. The zero-order valence-corrected chi connectivity index (χ0v) is 11.6. The van der Waals surface area contributed by atoms with E-state index in [-0.39, 0.29) is 11.5 Å². The van der Waals surface area contributed by atoms with Crippen LogP contribution in [0, 0.1) is 16.7 Å². The van der Waals surface area contributed by atoms with Gasteiger partial charge in [-0.2, -0.15) is 0 Å². The number of aliphatic carboxylic acids is 2. The van der Waals surface area contributed by atoms with Gasteiger partial charge >= 0.3 is 11.9 Å². The lowest BCUT2D eigenvalue weighted by molar-refractivity contribution is -0.204. The second-order valence-corrected chi connectivity index (χ2v) is 7.31. The van der Waals surface area contributed by atoms with Gasteiger partial charge in [0.25, 0.3) is 0 Å². The number of aliphatic hydroxyl groups is 1. The van der Waals surface area contributed by atoms with E-state index in [1.807, 2.05) is 0 Å². The van der Waals surface area contributed by atoms with Crippen LogP contribution >= 0.6 is 0 Å². The van der Waals surface area contributed by atoms with E-state index in [1.54, 1.807) is 13.0 Å². The van der Waals surface area contributed by atoms with Gasteiger partial charge in [-0.25, -0.2) is 4.79 Å². The summed E-state index contributed by atoms with van der Waals surface area (Å²) in [4.78, 5) is 22.8. The molecule has 0 spiro atoms. The molecule has 4 unspecified atom stereocenters. The lowest BCUT2D eigenvalue weighted by Gasteiger charge is -2.63. The van der Waals surface area contributed by atoms with Crippen molar-refractivity contribution < 1.29 is 24.9 Å². The molecular weight excluding hydrogens is 260 g/mol. The summed E-state index contributed by atoms with van der Waals surface area (Å²) in [7, 11) is 0. The molecule has 4 fully saturated rings. The predicted molar refractivity (Wildman–Crippen MR) is 70.0 cm³/mol. The number of carboxylic acids is 2. The monoisotopic (exact) mass is 280 g/mol. The fourth-order valence-corrected chi connectivity index (χ4v) is 5.38. The molecule has 5 heteroatoms. The van der Waals surface area contributed by atoms with Crippen LogP contribution in [0.15, 0.2) is 11.6 Å². The Bertz CT molecular complexity index is 524. The van der Waals surface area contributed by atoms with E-state index in [0.29, 0.717) is 32.1 Å².